The quantitative estimate of drug-likeness (QED) is 0.389. The summed E-state index contributed by atoms with van der Waals surface area (Å²) in [7, 11) is -0.983. The zero-order valence-electron chi connectivity index (χ0n) is 14.9. The molecule has 0 unspecified atom stereocenters. The molecule has 1 rings (SSSR count). The Balaban J connectivity index is 2.59. The Hall–Kier alpha value is -0.543. The molecular weight excluding hydrogens is 274 g/mol. The molecule has 122 valence electrons. The fourth-order valence-electron chi connectivity index (χ4n) is 2.41. The second kappa shape index (κ2) is 9.47. The van der Waals surface area contributed by atoms with E-state index in [1.165, 1.54) is 56.0 Å². The van der Waals surface area contributed by atoms with Gasteiger partial charge in [0.05, 0.1) is 0 Å². The first-order valence-corrected chi connectivity index (χ1v) is 12.4. The Morgan fingerprint density at radius 2 is 1.48 bits per heavy atom. The molecule has 0 saturated carbocycles. The molecule has 0 N–H and O–H groups in total. The van der Waals surface area contributed by atoms with Crippen LogP contribution in [-0.2, 0) is 24.3 Å². The number of ether oxygens (including phenoxy) is 1. The number of aryl methyl sites for hydroxylation is 2. The Kier molecular flexibility index (Phi) is 8.34. The zero-order chi connectivity index (χ0) is 15.7. The van der Waals surface area contributed by atoms with Gasteiger partial charge in [0.25, 0.3) is 0 Å². The van der Waals surface area contributed by atoms with E-state index in [4.69, 9.17) is 4.74 Å². The van der Waals surface area contributed by atoms with Gasteiger partial charge in [-0.25, -0.2) is 0 Å². The van der Waals surface area contributed by atoms with Crippen molar-refractivity contribution in [3.05, 3.63) is 23.5 Å². The Morgan fingerprint density at radius 3 is 1.90 bits per heavy atom. The molecule has 0 fully saturated rings. The molecule has 0 atom stereocenters. The fourth-order valence-corrected chi connectivity index (χ4v) is 3.17. The molecular formula is C18H35NOSi. The summed E-state index contributed by atoms with van der Waals surface area (Å²) in [6, 6.07) is 5.87. The first-order valence-electron chi connectivity index (χ1n) is 8.73. The summed E-state index contributed by atoms with van der Waals surface area (Å²) >= 11 is 0. The second-order valence-electron chi connectivity index (χ2n) is 7.30. The molecule has 0 bridgehead atoms. The van der Waals surface area contributed by atoms with Crippen LogP contribution >= 0.6 is 0 Å². The number of hydrogen-bond acceptors (Lipinski definition) is 1. The Morgan fingerprint density at radius 1 is 0.952 bits per heavy atom. The van der Waals surface area contributed by atoms with Crippen molar-refractivity contribution in [2.24, 2.45) is 0 Å². The number of hydrogen-bond donors (Lipinski definition) is 0. The Labute approximate surface area is 132 Å². The van der Waals surface area contributed by atoms with Crippen LogP contribution < -0.4 is 0 Å². The molecule has 0 aliphatic rings. The molecule has 21 heavy (non-hydrogen) atoms. The van der Waals surface area contributed by atoms with E-state index in [9.17, 15) is 0 Å². The van der Waals surface area contributed by atoms with Gasteiger partial charge in [0.1, 0.15) is 6.73 Å². The molecule has 1 aromatic heterocycles. The number of rotatable bonds is 11. The molecule has 3 heteroatoms. The minimum Gasteiger partial charge on any atom is -0.361 e. The largest absolute Gasteiger partial charge is 0.361 e. The van der Waals surface area contributed by atoms with Crippen LogP contribution in [-0.4, -0.2) is 19.2 Å². The SMILES string of the molecule is CCCCc1ccc(CCCC)n1COCC[Si](C)(C)C. The molecule has 0 spiro atoms. The second-order valence-corrected chi connectivity index (χ2v) is 12.9. The van der Waals surface area contributed by atoms with Crippen molar-refractivity contribution in [1.29, 1.82) is 0 Å². The summed E-state index contributed by atoms with van der Waals surface area (Å²) in [5, 5.41) is 0. The molecule has 2 nitrogen and oxygen atoms in total. The molecule has 0 amide bonds. The predicted octanol–water partition coefficient (Wildman–Crippen LogP) is 5.49. The van der Waals surface area contributed by atoms with Crippen molar-refractivity contribution in [3.63, 3.8) is 0 Å². The number of nitrogens with zero attached hydrogens (tertiary/aromatic N) is 1. The van der Waals surface area contributed by atoms with E-state index in [2.05, 4.69) is 50.2 Å². The zero-order valence-corrected chi connectivity index (χ0v) is 15.9. The summed E-state index contributed by atoms with van der Waals surface area (Å²) in [6.45, 7) is 13.4. The molecule has 1 heterocycles. The third kappa shape index (κ3) is 7.32. The van der Waals surface area contributed by atoms with Gasteiger partial charge in [-0.15, -0.1) is 0 Å². The maximum atomic E-state index is 5.99. The summed E-state index contributed by atoms with van der Waals surface area (Å²) in [5.41, 5.74) is 2.91. The fraction of sp³-hybridized carbons (Fsp3) is 0.778. The smallest absolute Gasteiger partial charge is 0.122 e. The van der Waals surface area contributed by atoms with Gasteiger partial charge in [0.2, 0.25) is 0 Å². The van der Waals surface area contributed by atoms with Crippen molar-refractivity contribution in [2.75, 3.05) is 6.61 Å². The Bertz CT molecular complexity index is 367. The van der Waals surface area contributed by atoms with Crippen molar-refractivity contribution in [1.82, 2.24) is 4.57 Å². The lowest BCUT2D eigenvalue weighted by atomic mass is 10.2. The summed E-state index contributed by atoms with van der Waals surface area (Å²) in [4.78, 5) is 0. The molecule has 0 radical (unpaired) electrons. The van der Waals surface area contributed by atoms with E-state index in [1.54, 1.807) is 0 Å². The van der Waals surface area contributed by atoms with Gasteiger partial charge in [-0.3, -0.25) is 0 Å². The van der Waals surface area contributed by atoms with E-state index >= 15 is 0 Å². The van der Waals surface area contributed by atoms with Gasteiger partial charge in [0.15, 0.2) is 0 Å². The van der Waals surface area contributed by atoms with Crippen LogP contribution in [0.15, 0.2) is 12.1 Å². The van der Waals surface area contributed by atoms with Gasteiger partial charge < -0.3 is 9.30 Å². The lowest BCUT2D eigenvalue weighted by molar-refractivity contribution is 0.0836. The van der Waals surface area contributed by atoms with E-state index in [0.717, 1.165) is 13.3 Å². The van der Waals surface area contributed by atoms with Crippen LogP contribution in [0.3, 0.4) is 0 Å². The third-order valence-corrected chi connectivity index (χ3v) is 5.66. The normalized spacial score (nSPS) is 12.0. The molecule has 0 saturated heterocycles. The van der Waals surface area contributed by atoms with Crippen molar-refractivity contribution < 1.29 is 4.74 Å². The lowest BCUT2D eigenvalue weighted by Gasteiger charge is -2.18. The van der Waals surface area contributed by atoms with Gasteiger partial charge >= 0.3 is 0 Å². The first kappa shape index (κ1) is 18.5. The van der Waals surface area contributed by atoms with Crippen LogP contribution in [0.5, 0.6) is 0 Å². The van der Waals surface area contributed by atoms with Gasteiger partial charge in [-0.2, -0.15) is 0 Å². The van der Waals surface area contributed by atoms with Gasteiger partial charge in [-0.05, 0) is 43.9 Å². The molecule has 0 aromatic carbocycles. The van der Waals surface area contributed by atoms with Crippen LogP contribution in [0, 0.1) is 0 Å². The highest BCUT2D eigenvalue weighted by Crippen LogP contribution is 2.16. The van der Waals surface area contributed by atoms with Crippen molar-refractivity contribution >= 4 is 8.07 Å². The average Bonchev–Trinajstić information content (AvgIpc) is 2.80. The third-order valence-electron chi connectivity index (χ3n) is 3.95. The first-order chi connectivity index (χ1) is 9.98. The van der Waals surface area contributed by atoms with Crippen LogP contribution in [0.25, 0.3) is 0 Å². The standard InChI is InChI=1S/C18H35NOSi/c1-6-8-10-17-12-13-18(11-9-7-2)19(17)16-20-14-15-21(3,4)5/h12-13H,6-11,14-16H2,1-5H3. The minimum atomic E-state index is -0.983. The summed E-state index contributed by atoms with van der Waals surface area (Å²) < 4.78 is 8.42. The van der Waals surface area contributed by atoms with E-state index in [-0.39, 0.29) is 0 Å². The minimum absolute atomic E-state index is 0.746. The topological polar surface area (TPSA) is 14.2 Å². The van der Waals surface area contributed by atoms with Crippen LogP contribution in [0.4, 0.5) is 0 Å². The van der Waals surface area contributed by atoms with Crippen molar-refractivity contribution in [3.8, 4) is 0 Å². The number of unbranched alkanes of at least 4 members (excludes halogenated alkanes) is 2. The summed E-state index contributed by atoms with van der Waals surface area (Å²) in [6.07, 6.45) is 7.41. The predicted molar refractivity (Wildman–Crippen MR) is 95.8 cm³/mol. The molecule has 0 aliphatic carbocycles. The van der Waals surface area contributed by atoms with E-state index in [0.29, 0.717) is 0 Å². The monoisotopic (exact) mass is 309 g/mol. The van der Waals surface area contributed by atoms with Gasteiger partial charge in [-0.1, -0.05) is 46.3 Å². The van der Waals surface area contributed by atoms with Crippen LogP contribution in [0.2, 0.25) is 25.7 Å². The maximum Gasteiger partial charge on any atom is 0.122 e. The highest BCUT2D eigenvalue weighted by atomic mass is 28.3. The maximum absolute atomic E-state index is 5.99. The van der Waals surface area contributed by atoms with E-state index < -0.39 is 8.07 Å². The van der Waals surface area contributed by atoms with E-state index in [1.807, 2.05) is 0 Å². The number of aromatic nitrogens is 1. The average molecular weight is 310 g/mol. The highest BCUT2D eigenvalue weighted by molar-refractivity contribution is 6.76. The molecule has 0 aliphatic heterocycles. The van der Waals surface area contributed by atoms with Gasteiger partial charge in [0, 0.05) is 26.1 Å². The molecule has 1 aromatic rings. The summed E-state index contributed by atoms with van der Waals surface area (Å²) in [5.74, 6) is 0. The highest BCUT2D eigenvalue weighted by Gasteiger charge is 2.13. The van der Waals surface area contributed by atoms with Crippen LogP contribution in [0.1, 0.15) is 50.9 Å². The van der Waals surface area contributed by atoms with Crippen molar-refractivity contribution in [2.45, 2.75) is 84.8 Å². The lowest BCUT2D eigenvalue weighted by Crippen LogP contribution is -2.22.